The third kappa shape index (κ3) is 2.20. The standard InChI is InChI=1S/C12H20O/c1-8-6-10(12(3,4)5)7-11(13)9(8)2/h7-9H,6H2,1-5H3/t8-,9-/m0/s1. The molecular weight excluding hydrogens is 160 g/mol. The van der Waals surface area contributed by atoms with Crippen LogP contribution in [-0.2, 0) is 4.79 Å². The number of ketones is 1. The molecule has 0 unspecified atom stereocenters. The van der Waals surface area contributed by atoms with Crippen LogP contribution in [-0.4, -0.2) is 5.78 Å². The molecule has 2 atom stereocenters. The summed E-state index contributed by atoms with van der Waals surface area (Å²) in [5, 5.41) is 0. The lowest BCUT2D eigenvalue weighted by molar-refractivity contribution is -0.119. The molecule has 0 aromatic carbocycles. The van der Waals surface area contributed by atoms with E-state index in [0.29, 0.717) is 11.7 Å². The van der Waals surface area contributed by atoms with Gasteiger partial charge in [-0.15, -0.1) is 0 Å². The minimum absolute atomic E-state index is 0.157. The topological polar surface area (TPSA) is 17.1 Å². The van der Waals surface area contributed by atoms with E-state index in [9.17, 15) is 4.79 Å². The number of carbonyl (C=O) groups is 1. The second kappa shape index (κ2) is 3.28. The van der Waals surface area contributed by atoms with Crippen LogP contribution in [0.2, 0.25) is 0 Å². The summed E-state index contributed by atoms with van der Waals surface area (Å²) in [7, 11) is 0. The highest BCUT2D eigenvalue weighted by Gasteiger charge is 2.29. The molecule has 0 saturated heterocycles. The van der Waals surface area contributed by atoms with E-state index in [1.807, 2.05) is 13.0 Å². The fourth-order valence-corrected chi connectivity index (χ4v) is 1.69. The lowest BCUT2D eigenvalue weighted by Crippen LogP contribution is -2.26. The van der Waals surface area contributed by atoms with E-state index in [2.05, 4.69) is 27.7 Å². The molecule has 74 valence electrons. The van der Waals surface area contributed by atoms with Crippen molar-refractivity contribution >= 4 is 5.78 Å². The number of hydrogen-bond donors (Lipinski definition) is 0. The van der Waals surface area contributed by atoms with Gasteiger partial charge in [0, 0.05) is 5.92 Å². The van der Waals surface area contributed by atoms with Crippen LogP contribution in [0, 0.1) is 17.3 Å². The van der Waals surface area contributed by atoms with Crippen LogP contribution in [0.4, 0.5) is 0 Å². The Bertz CT molecular complexity index is 242. The molecule has 1 rings (SSSR count). The Morgan fingerprint density at radius 2 is 1.85 bits per heavy atom. The molecule has 0 heterocycles. The predicted molar refractivity (Wildman–Crippen MR) is 55.5 cm³/mol. The molecule has 1 aliphatic rings. The molecule has 0 aromatic rings. The third-order valence-electron chi connectivity index (χ3n) is 3.12. The van der Waals surface area contributed by atoms with Crippen LogP contribution in [0.5, 0.6) is 0 Å². The molecule has 0 spiro atoms. The molecule has 0 bridgehead atoms. The number of allylic oxidation sites excluding steroid dienone is 2. The first-order valence-electron chi connectivity index (χ1n) is 5.07. The van der Waals surface area contributed by atoms with Crippen LogP contribution in [0.25, 0.3) is 0 Å². The van der Waals surface area contributed by atoms with E-state index in [0.717, 1.165) is 6.42 Å². The molecule has 0 saturated carbocycles. The van der Waals surface area contributed by atoms with Gasteiger partial charge in [-0.3, -0.25) is 4.79 Å². The summed E-state index contributed by atoms with van der Waals surface area (Å²) in [6.45, 7) is 10.7. The number of hydrogen-bond acceptors (Lipinski definition) is 1. The van der Waals surface area contributed by atoms with E-state index in [1.54, 1.807) is 0 Å². The normalized spacial score (nSPS) is 30.2. The minimum Gasteiger partial charge on any atom is -0.295 e. The molecule has 0 aliphatic heterocycles. The van der Waals surface area contributed by atoms with Crippen molar-refractivity contribution in [1.29, 1.82) is 0 Å². The molecule has 0 amide bonds. The first kappa shape index (κ1) is 10.5. The fourth-order valence-electron chi connectivity index (χ4n) is 1.69. The second-order valence-corrected chi connectivity index (χ2v) is 5.29. The maximum atomic E-state index is 11.6. The highest BCUT2D eigenvalue weighted by molar-refractivity contribution is 5.93. The van der Waals surface area contributed by atoms with Crippen molar-refractivity contribution in [3.8, 4) is 0 Å². The Labute approximate surface area is 81.2 Å². The van der Waals surface area contributed by atoms with Gasteiger partial charge in [-0.25, -0.2) is 0 Å². The van der Waals surface area contributed by atoms with Crippen LogP contribution in [0.3, 0.4) is 0 Å². The largest absolute Gasteiger partial charge is 0.295 e. The summed E-state index contributed by atoms with van der Waals surface area (Å²) in [5.74, 6) is 1.03. The van der Waals surface area contributed by atoms with Gasteiger partial charge in [0.25, 0.3) is 0 Å². The van der Waals surface area contributed by atoms with Gasteiger partial charge >= 0.3 is 0 Å². The predicted octanol–water partition coefficient (Wildman–Crippen LogP) is 3.20. The fraction of sp³-hybridized carbons (Fsp3) is 0.750. The Kier molecular flexibility index (Phi) is 2.65. The second-order valence-electron chi connectivity index (χ2n) is 5.29. The van der Waals surface area contributed by atoms with E-state index >= 15 is 0 Å². The van der Waals surface area contributed by atoms with Gasteiger partial charge in [-0.2, -0.15) is 0 Å². The first-order valence-corrected chi connectivity index (χ1v) is 5.07. The molecular formula is C12H20O. The molecule has 0 fully saturated rings. The molecule has 1 heteroatoms. The van der Waals surface area contributed by atoms with E-state index in [4.69, 9.17) is 0 Å². The van der Waals surface area contributed by atoms with Gasteiger partial charge < -0.3 is 0 Å². The summed E-state index contributed by atoms with van der Waals surface area (Å²) in [6, 6.07) is 0. The van der Waals surface area contributed by atoms with E-state index < -0.39 is 0 Å². The summed E-state index contributed by atoms with van der Waals surface area (Å²) < 4.78 is 0. The van der Waals surface area contributed by atoms with Crippen molar-refractivity contribution in [3.63, 3.8) is 0 Å². The number of rotatable bonds is 0. The van der Waals surface area contributed by atoms with Gasteiger partial charge in [0.05, 0.1) is 0 Å². The molecule has 13 heavy (non-hydrogen) atoms. The maximum Gasteiger partial charge on any atom is 0.158 e. The van der Waals surface area contributed by atoms with E-state index in [-0.39, 0.29) is 11.3 Å². The first-order chi connectivity index (χ1) is 5.82. The zero-order valence-electron chi connectivity index (χ0n) is 9.35. The Hall–Kier alpha value is -0.590. The SMILES string of the molecule is C[C@@H]1C(=O)C=C(C(C)(C)C)C[C@@H]1C. The summed E-state index contributed by atoms with van der Waals surface area (Å²) in [4.78, 5) is 11.6. The molecule has 1 aliphatic carbocycles. The van der Waals surface area contributed by atoms with Crippen LogP contribution < -0.4 is 0 Å². The van der Waals surface area contributed by atoms with Gasteiger partial charge in [0.1, 0.15) is 0 Å². The highest BCUT2D eigenvalue weighted by atomic mass is 16.1. The van der Waals surface area contributed by atoms with Crippen molar-refractivity contribution < 1.29 is 4.79 Å². The third-order valence-corrected chi connectivity index (χ3v) is 3.12. The zero-order chi connectivity index (χ0) is 10.2. The van der Waals surface area contributed by atoms with Crippen LogP contribution in [0.15, 0.2) is 11.6 Å². The Morgan fingerprint density at radius 3 is 2.23 bits per heavy atom. The van der Waals surface area contributed by atoms with Gasteiger partial charge in [-0.05, 0) is 23.8 Å². The molecule has 0 N–H and O–H groups in total. The lowest BCUT2D eigenvalue weighted by Gasteiger charge is -2.31. The average molecular weight is 180 g/mol. The van der Waals surface area contributed by atoms with Crippen molar-refractivity contribution in [2.75, 3.05) is 0 Å². The van der Waals surface area contributed by atoms with Crippen LogP contribution >= 0.6 is 0 Å². The van der Waals surface area contributed by atoms with Crippen LogP contribution in [0.1, 0.15) is 41.0 Å². The summed E-state index contributed by atoms with van der Waals surface area (Å²) >= 11 is 0. The Balaban J connectivity index is 2.92. The van der Waals surface area contributed by atoms with Crippen molar-refractivity contribution in [1.82, 2.24) is 0 Å². The minimum atomic E-state index is 0.157. The highest BCUT2D eigenvalue weighted by Crippen LogP contribution is 2.36. The van der Waals surface area contributed by atoms with Gasteiger partial charge in [-0.1, -0.05) is 40.2 Å². The lowest BCUT2D eigenvalue weighted by atomic mass is 9.73. The van der Waals surface area contributed by atoms with Gasteiger partial charge in [0.2, 0.25) is 0 Å². The Morgan fingerprint density at radius 1 is 1.31 bits per heavy atom. The molecule has 0 radical (unpaired) electrons. The average Bonchev–Trinajstić information content (AvgIpc) is 1.97. The molecule has 1 nitrogen and oxygen atoms in total. The monoisotopic (exact) mass is 180 g/mol. The van der Waals surface area contributed by atoms with Gasteiger partial charge in [0.15, 0.2) is 5.78 Å². The van der Waals surface area contributed by atoms with Crippen molar-refractivity contribution in [3.05, 3.63) is 11.6 Å². The summed E-state index contributed by atoms with van der Waals surface area (Å²) in [5.41, 5.74) is 1.47. The molecule has 0 aromatic heterocycles. The van der Waals surface area contributed by atoms with Crippen molar-refractivity contribution in [2.45, 2.75) is 41.0 Å². The smallest absolute Gasteiger partial charge is 0.158 e. The number of carbonyl (C=O) groups excluding carboxylic acids is 1. The van der Waals surface area contributed by atoms with Crippen molar-refractivity contribution in [2.24, 2.45) is 17.3 Å². The zero-order valence-corrected chi connectivity index (χ0v) is 9.35. The summed E-state index contributed by atoms with van der Waals surface area (Å²) in [6.07, 6.45) is 2.95. The van der Waals surface area contributed by atoms with E-state index in [1.165, 1.54) is 5.57 Å². The maximum absolute atomic E-state index is 11.6. The quantitative estimate of drug-likeness (QED) is 0.559.